The first kappa shape index (κ1) is 14.6. The Bertz CT molecular complexity index is 528. The van der Waals surface area contributed by atoms with E-state index in [1.54, 1.807) is 0 Å². The lowest BCUT2D eigenvalue weighted by Gasteiger charge is -2.25. The molecule has 1 aliphatic carbocycles. The standard InChI is InChI=1S/C18H26N2O/c1-4-5-9-15-18(21)20(16-11-13(16)3)17(19-15)14-8-6-7-12(2)10-14/h6-8,10,13,15-17,19H,4-5,9,11H2,1-3H3. The number of aryl methyl sites for hydroxylation is 1. The van der Waals surface area contributed by atoms with Crippen LogP contribution in [-0.2, 0) is 4.79 Å². The van der Waals surface area contributed by atoms with Crippen molar-refractivity contribution >= 4 is 5.91 Å². The molecule has 0 bridgehead atoms. The summed E-state index contributed by atoms with van der Waals surface area (Å²) < 4.78 is 0. The summed E-state index contributed by atoms with van der Waals surface area (Å²) in [5, 5.41) is 3.59. The van der Waals surface area contributed by atoms with Gasteiger partial charge in [0.15, 0.2) is 0 Å². The molecule has 4 unspecified atom stereocenters. The maximum Gasteiger partial charge on any atom is 0.241 e. The average Bonchev–Trinajstić information content (AvgIpc) is 3.08. The highest BCUT2D eigenvalue weighted by Crippen LogP contribution is 2.42. The predicted molar refractivity (Wildman–Crippen MR) is 84.8 cm³/mol. The van der Waals surface area contributed by atoms with Gasteiger partial charge in [0.1, 0.15) is 6.17 Å². The van der Waals surface area contributed by atoms with Gasteiger partial charge in [-0.1, -0.05) is 56.5 Å². The van der Waals surface area contributed by atoms with Gasteiger partial charge >= 0.3 is 0 Å². The fraction of sp³-hybridized carbons (Fsp3) is 0.611. The van der Waals surface area contributed by atoms with Crippen LogP contribution < -0.4 is 5.32 Å². The number of carbonyl (C=O) groups is 1. The zero-order valence-corrected chi connectivity index (χ0v) is 13.3. The number of amides is 1. The molecule has 3 nitrogen and oxygen atoms in total. The minimum atomic E-state index is 0.00302. The number of carbonyl (C=O) groups excluding carboxylic acids is 1. The third-order valence-corrected chi connectivity index (χ3v) is 4.82. The van der Waals surface area contributed by atoms with E-state index in [0.717, 1.165) is 25.7 Å². The Morgan fingerprint density at radius 2 is 2.14 bits per heavy atom. The van der Waals surface area contributed by atoms with E-state index < -0.39 is 0 Å². The normalized spacial score (nSPS) is 31.8. The van der Waals surface area contributed by atoms with E-state index in [1.165, 1.54) is 11.1 Å². The molecule has 2 aliphatic rings. The summed E-state index contributed by atoms with van der Waals surface area (Å²) in [6.45, 7) is 6.53. The van der Waals surface area contributed by atoms with Crippen molar-refractivity contribution in [3.8, 4) is 0 Å². The van der Waals surface area contributed by atoms with Crippen molar-refractivity contribution in [1.82, 2.24) is 10.2 Å². The van der Waals surface area contributed by atoms with Crippen LogP contribution in [0.5, 0.6) is 0 Å². The van der Waals surface area contributed by atoms with Crippen molar-refractivity contribution in [2.24, 2.45) is 5.92 Å². The van der Waals surface area contributed by atoms with Crippen molar-refractivity contribution in [3.05, 3.63) is 35.4 Å². The summed E-state index contributed by atoms with van der Waals surface area (Å²) in [5.74, 6) is 0.956. The Hall–Kier alpha value is -1.35. The van der Waals surface area contributed by atoms with E-state index in [-0.39, 0.29) is 12.2 Å². The molecule has 1 aliphatic heterocycles. The van der Waals surface area contributed by atoms with Gasteiger partial charge in [-0.15, -0.1) is 0 Å². The monoisotopic (exact) mass is 286 g/mol. The lowest BCUT2D eigenvalue weighted by Crippen LogP contribution is -2.33. The molecule has 1 N–H and O–H groups in total. The van der Waals surface area contributed by atoms with Crippen LogP contribution in [0.1, 0.15) is 56.8 Å². The number of unbranched alkanes of at least 4 members (excludes halogenated alkanes) is 1. The molecule has 114 valence electrons. The summed E-state index contributed by atoms with van der Waals surface area (Å²) in [5.41, 5.74) is 2.48. The van der Waals surface area contributed by atoms with Gasteiger partial charge in [-0.2, -0.15) is 0 Å². The Labute approximate surface area is 127 Å². The highest BCUT2D eigenvalue weighted by atomic mass is 16.2. The molecule has 1 aromatic carbocycles. The Morgan fingerprint density at radius 3 is 2.76 bits per heavy atom. The number of hydrogen-bond donors (Lipinski definition) is 1. The molecular weight excluding hydrogens is 260 g/mol. The molecule has 0 radical (unpaired) electrons. The highest BCUT2D eigenvalue weighted by molar-refractivity contribution is 5.85. The molecule has 1 aromatic rings. The molecule has 1 heterocycles. The van der Waals surface area contributed by atoms with Crippen LogP contribution in [0.25, 0.3) is 0 Å². The fourth-order valence-electron chi connectivity index (χ4n) is 3.41. The first-order chi connectivity index (χ1) is 10.1. The minimum absolute atomic E-state index is 0.00302. The molecular formula is C18H26N2O. The summed E-state index contributed by atoms with van der Waals surface area (Å²) >= 11 is 0. The number of rotatable bonds is 5. The molecule has 2 fully saturated rings. The molecule has 3 rings (SSSR count). The summed E-state index contributed by atoms with van der Waals surface area (Å²) in [6.07, 6.45) is 4.42. The molecule has 4 atom stereocenters. The lowest BCUT2D eigenvalue weighted by atomic mass is 10.1. The number of benzene rings is 1. The topological polar surface area (TPSA) is 32.3 Å². The van der Waals surface area contributed by atoms with Crippen molar-refractivity contribution in [2.45, 2.75) is 64.7 Å². The van der Waals surface area contributed by atoms with Crippen LogP contribution in [0, 0.1) is 12.8 Å². The number of hydrogen-bond acceptors (Lipinski definition) is 2. The van der Waals surface area contributed by atoms with Crippen LogP contribution in [0.4, 0.5) is 0 Å². The second-order valence-electron chi connectivity index (χ2n) is 6.70. The Morgan fingerprint density at radius 1 is 1.38 bits per heavy atom. The molecule has 1 amide bonds. The van der Waals surface area contributed by atoms with Gasteiger partial charge in [-0.25, -0.2) is 0 Å². The van der Waals surface area contributed by atoms with Gasteiger partial charge in [-0.3, -0.25) is 10.1 Å². The van der Waals surface area contributed by atoms with E-state index in [2.05, 4.69) is 55.3 Å². The number of nitrogens with zero attached hydrogens (tertiary/aromatic N) is 1. The van der Waals surface area contributed by atoms with Gasteiger partial charge in [0, 0.05) is 6.04 Å². The first-order valence-corrected chi connectivity index (χ1v) is 8.26. The van der Waals surface area contributed by atoms with E-state index in [9.17, 15) is 4.79 Å². The molecule has 0 aromatic heterocycles. The summed E-state index contributed by atoms with van der Waals surface area (Å²) in [7, 11) is 0. The maximum atomic E-state index is 12.8. The van der Waals surface area contributed by atoms with E-state index >= 15 is 0 Å². The van der Waals surface area contributed by atoms with Crippen molar-refractivity contribution in [3.63, 3.8) is 0 Å². The second-order valence-corrected chi connectivity index (χ2v) is 6.70. The Balaban J connectivity index is 1.84. The Kier molecular flexibility index (Phi) is 4.03. The highest BCUT2D eigenvalue weighted by Gasteiger charge is 2.49. The fourth-order valence-corrected chi connectivity index (χ4v) is 3.41. The third-order valence-electron chi connectivity index (χ3n) is 4.82. The van der Waals surface area contributed by atoms with Crippen LogP contribution in [0.3, 0.4) is 0 Å². The van der Waals surface area contributed by atoms with Gasteiger partial charge < -0.3 is 4.90 Å². The van der Waals surface area contributed by atoms with Crippen LogP contribution in [0.15, 0.2) is 24.3 Å². The largest absolute Gasteiger partial charge is 0.318 e. The van der Waals surface area contributed by atoms with Crippen LogP contribution in [-0.4, -0.2) is 22.9 Å². The first-order valence-electron chi connectivity index (χ1n) is 8.26. The van der Waals surface area contributed by atoms with E-state index in [1.807, 2.05) is 0 Å². The zero-order valence-electron chi connectivity index (χ0n) is 13.3. The number of nitrogens with one attached hydrogen (secondary N) is 1. The second kappa shape index (κ2) is 5.80. The van der Waals surface area contributed by atoms with Crippen LogP contribution >= 0.6 is 0 Å². The van der Waals surface area contributed by atoms with Gasteiger partial charge in [0.2, 0.25) is 5.91 Å². The van der Waals surface area contributed by atoms with E-state index in [4.69, 9.17) is 0 Å². The molecule has 3 heteroatoms. The van der Waals surface area contributed by atoms with E-state index in [0.29, 0.717) is 17.9 Å². The SMILES string of the molecule is CCCCC1NC(c2cccc(C)c2)N(C2CC2C)C1=O. The molecule has 21 heavy (non-hydrogen) atoms. The lowest BCUT2D eigenvalue weighted by molar-refractivity contribution is -0.131. The van der Waals surface area contributed by atoms with Gasteiger partial charge in [0.05, 0.1) is 6.04 Å². The quantitative estimate of drug-likeness (QED) is 0.900. The zero-order chi connectivity index (χ0) is 15.0. The maximum absolute atomic E-state index is 12.8. The van der Waals surface area contributed by atoms with Crippen molar-refractivity contribution < 1.29 is 4.79 Å². The third kappa shape index (κ3) is 2.84. The predicted octanol–water partition coefficient (Wildman–Crippen LogP) is 3.39. The molecule has 1 saturated carbocycles. The molecule has 1 saturated heterocycles. The van der Waals surface area contributed by atoms with Gasteiger partial charge in [-0.05, 0) is 31.2 Å². The van der Waals surface area contributed by atoms with Gasteiger partial charge in [0.25, 0.3) is 0 Å². The summed E-state index contributed by atoms with van der Waals surface area (Å²) in [4.78, 5) is 14.9. The van der Waals surface area contributed by atoms with Crippen molar-refractivity contribution in [2.75, 3.05) is 0 Å². The molecule has 0 spiro atoms. The minimum Gasteiger partial charge on any atom is -0.318 e. The smallest absolute Gasteiger partial charge is 0.241 e. The van der Waals surface area contributed by atoms with Crippen molar-refractivity contribution in [1.29, 1.82) is 0 Å². The summed E-state index contributed by atoms with van der Waals surface area (Å²) in [6, 6.07) is 8.97. The van der Waals surface area contributed by atoms with Crippen LogP contribution in [0.2, 0.25) is 0 Å². The average molecular weight is 286 g/mol.